The van der Waals surface area contributed by atoms with Crippen LogP contribution in [0.2, 0.25) is 0 Å². The first-order valence-electron chi connectivity index (χ1n) is 7.51. The minimum atomic E-state index is 0.318. The molecule has 0 aliphatic carbocycles. The summed E-state index contributed by atoms with van der Waals surface area (Å²) in [6.45, 7) is 4.73. The maximum atomic E-state index is 9.46. The van der Waals surface area contributed by atoms with Gasteiger partial charge in [0.2, 0.25) is 0 Å². The third-order valence-corrected chi connectivity index (χ3v) is 4.09. The van der Waals surface area contributed by atoms with Crippen LogP contribution in [0.25, 0.3) is 0 Å². The molecule has 0 aromatic heterocycles. The van der Waals surface area contributed by atoms with Gasteiger partial charge in [0, 0.05) is 24.7 Å². The lowest BCUT2D eigenvalue weighted by Crippen LogP contribution is -2.30. The first kappa shape index (κ1) is 14.0. The van der Waals surface area contributed by atoms with E-state index in [1.165, 1.54) is 11.1 Å². The third-order valence-electron chi connectivity index (χ3n) is 4.09. The van der Waals surface area contributed by atoms with Crippen LogP contribution in [0.15, 0.2) is 48.5 Å². The van der Waals surface area contributed by atoms with E-state index >= 15 is 0 Å². The molecule has 1 aliphatic heterocycles. The van der Waals surface area contributed by atoms with Gasteiger partial charge in [0.05, 0.1) is 0 Å². The Hall–Kier alpha value is -2.00. The molecule has 1 atom stereocenters. The van der Waals surface area contributed by atoms with Crippen molar-refractivity contribution in [3.8, 4) is 11.5 Å². The molecule has 21 heavy (non-hydrogen) atoms. The van der Waals surface area contributed by atoms with Crippen LogP contribution in [0.5, 0.6) is 11.5 Å². The van der Waals surface area contributed by atoms with Crippen molar-refractivity contribution in [2.24, 2.45) is 0 Å². The lowest BCUT2D eigenvalue weighted by atomic mass is 10.0. The number of nitrogens with zero attached hydrogens (tertiary/aromatic N) is 1. The molecule has 110 valence electrons. The smallest absolute Gasteiger partial charge is 0.123 e. The van der Waals surface area contributed by atoms with Gasteiger partial charge < -0.3 is 9.84 Å². The number of phenols is 1. The number of hydrogen-bond acceptors (Lipinski definition) is 3. The molecule has 1 N–H and O–H groups in total. The number of aromatic hydroxyl groups is 1. The fourth-order valence-electron chi connectivity index (χ4n) is 3.01. The molecule has 0 radical (unpaired) electrons. The number of benzene rings is 2. The van der Waals surface area contributed by atoms with Gasteiger partial charge in [-0.15, -0.1) is 0 Å². The topological polar surface area (TPSA) is 32.7 Å². The van der Waals surface area contributed by atoms with Crippen LogP contribution in [0.1, 0.15) is 30.5 Å². The summed E-state index contributed by atoms with van der Waals surface area (Å²) < 4.78 is 5.85. The molecule has 0 spiro atoms. The third kappa shape index (κ3) is 3.03. The number of fused-ring (bicyclic) bond motifs is 1. The zero-order valence-electron chi connectivity index (χ0n) is 12.3. The predicted octanol–water partition coefficient (Wildman–Crippen LogP) is 3.74. The summed E-state index contributed by atoms with van der Waals surface area (Å²) in [5.74, 6) is 1.32. The average Bonchev–Trinajstić information content (AvgIpc) is 2.72. The summed E-state index contributed by atoms with van der Waals surface area (Å²) in [4.78, 5) is 2.46. The van der Waals surface area contributed by atoms with Gasteiger partial charge >= 0.3 is 0 Å². The Kier molecular flexibility index (Phi) is 4.11. The summed E-state index contributed by atoms with van der Waals surface area (Å²) in [6.07, 6.45) is 1.03. The van der Waals surface area contributed by atoms with Gasteiger partial charge in [0.15, 0.2) is 0 Å². The Balaban J connectivity index is 1.86. The van der Waals surface area contributed by atoms with E-state index in [9.17, 15) is 5.11 Å². The second kappa shape index (κ2) is 6.19. The van der Waals surface area contributed by atoms with E-state index in [4.69, 9.17) is 4.74 Å². The molecule has 3 heteroatoms. The molecular formula is C18H21NO2. The van der Waals surface area contributed by atoms with E-state index in [-0.39, 0.29) is 0 Å². The SMILES string of the molecule is CCC(c1ccc(O)cc1)N1CCOc2ccccc2C1. The molecule has 2 aromatic carbocycles. The first-order chi connectivity index (χ1) is 10.3. The molecule has 0 saturated carbocycles. The summed E-state index contributed by atoms with van der Waals surface area (Å²) in [5.41, 5.74) is 2.49. The van der Waals surface area contributed by atoms with Crippen LogP contribution < -0.4 is 4.74 Å². The number of ether oxygens (including phenoxy) is 1. The second-order valence-electron chi connectivity index (χ2n) is 5.44. The van der Waals surface area contributed by atoms with Crippen LogP contribution in [0.3, 0.4) is 0 Å². The van der Waals surface area contributed by atoms with Crippen molar-refractivity contribution < 1.29 is 9.84 Å². The first-order valence-corrected chi connectivity index (χ1v) is 7.51. The average molecular weight is 283 g/mol. The van der Waals surface area contributed by atoms with Gasteiger partial charge in [-0.25, -0.2) is 0 Å². The molecule has 0 saturated heterocycles. The van der Waals surface area contributed by atoms with Crippen molar-refractivity contribution >= 4 is 0 Å². The molecule has 0 bridgehead atoms. The Labute approximate surface area is 125 Å². The van der Waals surface area contributed by atoms with Crippen molar-refractivity contribution in [2.45, 2.75) is 25.9 Å². The molecule has 0 fully saturated rings. The summed E-state index contributed by atoms with van der Waals surface area (Å²) >= 11 is 0. The zero-order valence-corrected chi connectivity index (χ0v) is 12.3. The maximum Gasteiger partial charge on any atom is 0.123 e. The van der Waals surface area contributed by atoms with E-state index in [0.29, 0.717) is 18.4 Å². The number of hydrogen-bond donors (Lipinski definition) is 1. The molecule has 3 rings (SSSR count). The Morgan fingerprint density at radius 1 is 1.14 bits per heavy atom. The van der Waals surface area contributed by atoms with Crippen LogP contribution in [0, 0.1) is 0 Å². The van der Waals surface area contributed by atoms with Crippen LogP contribution in [0.4, 0.5) is 0 Å². The minimum Gasteiger partial charge on any atom is -0.508 e. The van der Waals surface area contributed by atoms with E-state index in [1.54, 1.807) is 12.1 Å². The molecule has 1 heterocycles. The van der Waals surface area contributed by atoms with Crippen LogP contribution >= 0.6 is 0 Å². The summed E-state index contributed by atoms with van der Waals surface area (Å²) in [7, 11) is 0. The number of para-hydroxylation sites is 1. The van der Waals surface area contributed by atoms with Crippen LogP contribution in [-0.4, -0.2) is 23.2 Å². The van der Waals surface area contributed by atoms with E-state index in [0.717, 1.165) is 25.3 Å². The molecule has 1 aliphatic rings. The highest BCUT2D eigenvalue weighted by Crippen LogP contribution is 2.31. The second-order valence-corrected chi connectivity index (χ2v) is 5.44. The highest BCUT2D eigenvalue weighted by molar-refractivity contribution is 5.34. The van der Waals surface area contributed by atoms with Crippen molar-refractivity contribution in [2.75, 3.05) is 13.2 Å². The van der Waals surface area contributed by atoms with E-state index < -0.39 is 0 Å². The zero-order chi connectivity index (χ0) is 14.7. The van der Waals surface area contributed by atoms with Gasteiger partial charge in [-0.2, -0.15) is 0 Å². The highest BCUT2D eigenvalue weighted by Gasteiger charge is 2.22. The molecule has 1 unspecified atom stereocenters. The standard InChI is InChI=1S/C18H21NO2/c1-2-17(14-7-9-16(20)10-8-14)19-11-12-21-18-6-4-3-5-15(18)13-19/h3-10,17,20H,2,11-13H2,1H3. The van der Waals surface area contributed by atoms with E-state index in [2.05, 4.69) is 24.0 Å². The highest BCUT2D eigenvalue weighted by atomic mass is 16.5. The Morgan fingerprint density at radius 3 is 2.67 bits per heavy atom. The molecular weight excluding hydrogens is 262 g/mol. The Bertz CT molecular complexity index is 594. The van der Waals surface area contributed by atoms with Gasteiger partial charge in [-0.05, 0) is 30.2 Å². The largest absolute Gasteiger partial charge is 0.508 e. The Morgan fingerprint density at radius 2 is 1.90 bits per heavy atom. The lowest BCUT2D eigenvalue weighted by Gasteiger charge is -2.29. The van der Waals surface area contributed by atoms with Gasteiger partial charge in [-0.3, -0.25) is 4.90 Å². The van der Waals surface area contributed by atoms with Crippen molar-refractivity contribution in [3.05, 3.63) is 59.7 Å². The van der Waals surface area contributed by atoms with Gasteiger partial charge in [0.25, 0.3) is 0 Å². The van der Waals surface area contributed by atoms with Crippen molar-refractivity contribution in [1.82, 2.24) is 4.90 Å². The van der Waals surface area contributed by atoms with E-state index in [1.807, 2.05) is 24.3 Å². The molecule has 0 amide bonds. The molecule has 3 nitrogen and oxygen atoms in total. The quantitative estimate of drug-likeness (QED) is 0.931. The fourth-order valence-corrected chi connectivity index (χ4v) is 3.01. The normalized spacial score (nSPS) is 16.6. The van der Waals surface area contributed by atoms with Crippen LogP contribution in [-0.2, 0) is 6.54 Å². The fraction of sp³-hybridized carbons (Fsp3) is 0.333. The van der Waals surface area contributed by atoms with Gasteiger partial charge in [0.1, 0.15) is 18.1 Å². The van der Waals surface area contributed by atoms with Crippen molar-refractivity contribution in [3.63, 3.8) is 0 Å². The summed E-state index contributed by atoms with van der Waals surface area (Å²) in [5, 5.41) is 9.46. The predicted molar refractivity (Wildman–Crippen MR) is 83.5 cm³/mol. The summed E-state index contributed by atoms with van der Waals surface area (Å²) in [6, 6.07) is 16.2. The number of phenolic OH excluding ortho intramolecular Hbond substituents is 1. The van der Waals surface area contributed by atoms with Crippen molar-refractivity contribution in [1.29, 1.82) is 0 Å². The monoisotopic (exact) mass is 283 g/mol. The lowest BCUT2D eigenvalue weighted by molar-refractivity contribution is 0.165. The number of rotatable bonds is 3. The molecule has 2 aromatic rings. The maximum absolute atomic E-state index is 9.46. The van der Waals surface area contributed by atoms with Gasteiger partial charge in [-0.1, -0.05) is 37.3 Å². The minimum absolute atomic E-state index is 0.318.